The van der Waals surface area contributed by atoms with E-state index in [4.69, 9.17) is 0 Å². The van der Waals surface area contributed by atoms with Crippen LogP contribution in [-0.4, -0.2) is 11.6 Å². The van der Waals surface area contributed by atoms with Gasteiger partial charge in [-0.2, -0.15) is 0 Å². The summed E-state index contributed by atoms with van der Waals surface area (Å²) in [6.45, 7) is 3.53. The van der Waals surface area contributed by atoms with Gasteiger partial charge in [-0.1, -0.05) is 12.2 Å². The van der Waals surface area contributed by atoms with Gasteiger partial charge >= 0.3 is 0 Å². The Morgan fingerprint density at radius 1 is 1.27 bits per heavy atom. The van der Waals surface area contributed by atoms with Gasteiger partial charge in [-0.05, 0) is 24.1 Å². The summed E-state index contributed by atoms with van der Waals surface area (Å²) in [5.74, 6) is -0.887. The largest absolute Gasteiger partial charge is 0.286 e. The first-order chi connectivity index (χ1) is 5.24. The van der Waals surface area contributed by atoms with Gasteiger partial charge in [0.15, 0.2) is 0 Å². The summed E-state index contributed by atoms with van der Waals surface area (Å²) in [5.41, 5.74) is 0.838. The SMILES string of the molecule is C=CCC1=CC(=O)C(=O)C=C1. The van der Waals surface area contributed by atoms with Crippen molar-refractivity contribution in [1.29, 1.82) is 0 Å². The minimum absolute atomic E-state index is 0.440. The van der Waals surface area contributed by atoms with E-state index in [1.54, 1.807) is 12.2 Å². The van der Waals surface area contributed by atoms with E-state index in [1.807, 2.05) is 0 Å². The summed E-state index contributed by atoms with van der Waals surface area (Å²) in [6.07, 6.45) is 6.62. The molecule has 2 heteroatoms. The summed E-state index contributed by atoms with van der Waals surface area (Å²) in [7, 11) is 0. The lowest BCUT2D eigenvalue weighted by Crippen LogP contribution is -2.11. The van der Waals surface area contributed by atoms with Crippen molar-refractivity contribution in [2.45, 2.75) is 6.42 Å². The second kappa shape index (κ2) is 3.10. The summed E-state index contributed by atoms with van der Waals surface area (Å²) < 4.78 is 0. The number of rotatable bonds is 2. The molecule has 0 radical (unpaired) electrons. The van der Waals surface area contributed by atoms with Crippen molar-refractivity contribution in [2.75, 3.05) is 0 Å². The lowest BCUT2D eigenvalue weighted by atomic mass is 10.0. The molecule has 11 heavy (non-hydrogen) atoms. The van der Waals surface area contributed by atoms with Gasteiger partial charge in [0, 0.05) is 0 Å². The molecule has 1 aliphatic rings. The fourth-order valence-electron chi connectivity index (χ4n) is 0.846. The van der Waals surface area contributed by atoms with Gasteiger partial charge in [0.1, 0.15) is 0 Å². The van der Waals surface area contributed by atoms with Crippen LogP contribution in [-0.2, 0) is 9.59 Å². The molecule has 1 rings (SSSR count). The fraction of sp³-hybridized carbons (Fsp3) is 0.111. The van der Waals surface area contributed by atoms with Crippen molar-refractivity contribution in [3.05, 3.63) is 36.5 Å². The molecule has 0 saturated heterocycles. The molecule has 0 aromatic heterocycles. The Labute approximate surface area is 64.9 Å². The third-order valence-corrected chi connectivity index (χ3v) is 1.39. The third-order valence-electron chi connectivity index (χ3n) is 1.39. The van der Waals surface area contributed by atoms with Crippen LogP contribution < -0.4 is 0 Å². The van der Waals surface area contributed by atoms with Crippen LogP contribution in [0.15, 0.2) is 36.5 Å². The molecule has 0 unspecified atom stereocenters. The minimum atomic E-state index is -0.446. The zero-order chi connectivity index (χ0) is 8.27. The molecule has 0 atom stereocenters. The normalized spacial score (nSPS) is 16.5. The number of hydrogen-bond donors (Lipinski definition) is 0. The van der Waals surface area contributed by atoms with E-state index in [1.165, 1.54) is 12.2 Å². The van der Waals surface area contributed by atoms with Gasteiger partial charge in [0.25, 0.3) is 0 Å². The summed E-state index contributed by atoms with van der Waals surface area (Å²) in [5, 5.41) is 0. The highest BCUT2D eigenvalue weighted by molar-refractivity contribution is 6.46. The van der Waals surface area contributed by atoms with E-state index in [-0.39, 0.29) is 0 Å². The maximum absolute atomic E-state index is 10.8. The van der Waals surface area contributed by atoms with Gasteiger partial charge in [-0.25, -0.2) is 0 Å². The Bertz CT molecular complexity index is 269. The van der Waals surface area contributed by atoms with Crippen molar-refractivity contribution in [3.8, 4) is 0 Å². The lowest BCUT2D eigenvalue weighted by molar-refractivity contribution is -0.131. The monoisotopic (exact) mass is 148 g/mol. The van der Waals surface area contributed by atoms with Crippen molar-refractivity contribution < 1.29 is 9.59 Å². The zero-order valence-corrected chi connectivity index (χ0v) is 6.04. The van der Waals surface area contributed by atoms with E-state index < -0.39 is 11.6 Å². The molecule has 0 N–H and O–H groups in total. The molecule has 0 amide bonds. The quantitative estimate of drug-likeness (QED) is 0.335. The molecule has 0 aromatic carbocycles. The molecule has 0 saturated carbocycles. The molecule has 2 nitrogen and oxygen atoms in total. The number of carbonyl (C=O) groups excluding carboxylic acids is 2. The van der Waals surface area contributed by atoms with E-state index in [0.717, 1.165) is 5.57 Å². The van der Waals surface area contributed by atoms with Crippen molar-refractivity contribution in [3.63, 3.8) is 0 Å². The molecule has 0 fully saturated rings. The molecule has 0 spiro atoms. The fourth-order valence-corrected chi connectivity index (χ4v) is 0.846. The number of carbonyl (C=O) groups is 2. The van der Waals surface area contributed by atoms with Crippen molar-refractivity contribution in [1.82, 2.24) is 0 Å². The first-order valence-electron chi connectivity index (χ1n) is 3.32. The number of allylic oxidation sites excluding steroid dienone is 5. The second-order valence-corrected chi connectivity index (χ2v) is 2.27. The topological polar surface area (TPSA) is 34.1 Å². The highest BCUT2D eigenvalue weighted by Crippen LogP contribution is 2.08. The van der Waals surface area contributed by atoms with E-state index in [9.17, 15) is 9.59 Å². The highest BCUT2D eigenvalue weighted by Gasteiger charge is 2.11. The zero-order valence-electron chi connectivity index (χ0n) is 6.04. The van der Waals surface area contributed by atoms with Crippen molar-refractivity contribution in [2.24, 2.45) is 0 Å². The Kier molecular flexibility index (Phi) is 2.16. The predicted octanol–water partition coefficient (Wildman–Crippen LogP) is 1.20. The van der Waals surface area contributed by atoms with Gasteiger partial charge < -0.3 is 0 Å². The lowest BCUT2D eigenvalue weighted by Gasteiger charge is -2.00. The van der Waals surface area contributed by atoms with Crippen LogP contribution in [0.5, 0.6) is 0 Å². The van der Waals surface area contributed by atoms with E-state index in [0.29, 0.717) is 6.42 Å². The Hall–Kier alpha value is -1.44. The van der Waals surface area contributed by atoms with Crippen molar-refractivity contribution >= 4 is 11.6 Å². The Morgan fingerprint density at radius 2 is 2.00 bits per heavy atom. The van der Waals surface area contributed by atoms with Gasteiger partial charge in [0.2, 0.25) is 11.6 Å². The molecule has 0 heterocycles. The maximum Gasteiger partial charge on any atom is 0.225 e. The van der Waals surface area contributed by atoms with Gasteiger partial charge in [-0.3, -0.25) is 9.59 Å². The third kappa shape index (κ3) is 1.74. The predicted molar refractivity (Wildman–Crippen MR) is 42.1 cm³/mol. The van der Waals surface area contributed by atoms with Crippen LogP contribution in [0, 0.1) is 0 Å². The molecule has 56 valence electrons. The smallest absolute Gasteiger partial charge is 0.225 e. The summed E-state index contributed by atoms with van der Waals surface area (Å²) >= 11 is 0. The average molecular weight is 148 g/mol. The summed E-state index contributed by atoms with van der Waals surface area (Å²) in [4.78, 5) is 21.4. The van der Waals surface area contributed by atoms with Crippen LogP contribution in [0.1, 0.15) is 6.42 Å². The first-order valence-corrected chi connectivity index (χ1v) is 3.32. The van der Waals surface area contributed by atoms with Crippen LogP contribution in [0.25, 0.3) is 0 Å². The van der Waals surface area contributed by atoms with Gasteiger partial charge in [0.05, 0.1) is 0 Å². The van der Waals surface area contributed by atoms with E-state index >= 15 is 0 Å². The summed E-state index contributed by atoms with van der Waals surface area (Å²) in [6, 6.07) is 0. The maximum atomic E-state index is 10.8. The molecular formula is C9H8O2. The number of hydrogen-bond acceptors (Lipinski definition) is 2. The molecule has 0 bridgehead atoms. The Morgan fingerprint density at radius 3 is 2.55 bits per heavy atom. The second-order valence-electron chi connectivity index (χ2n) is 2.27. The van der Waals surface area contributed by atoms with Crippen LogP contribution in [0.2, 0.25) is 0 Å². The van der Waals surface area contributed by atoms with E-state index in [2.05, 4.69) is 6.58 Å². The Balaban J connectivity index is 2.79. The highest BCUT2D eigenvalue weighted by atomic mass is 16.2. The van der Waals surface area contributed by atoms with Crippen LogP contribution >= 0.6 is 0 Å². The standard InChI is InChI=1S/C9H8O2/c1-2-3-7-4-5-8(10)9(11)6-7/h2,4-6H,1,3H2. The molecule has 0 aromatic rings. The van der Waals surface area contributed by atoms with Crippen LogP contribution in [0.4, 0.5) is 0 Å². The number of ketones is 2. The first kappa shape index (κ1) is 7.66. The molecular weight excluding hydrogens is 140 g/mol. The van der Waals surface area contributed by atoms with Crippen LogP contribution in [0.3, 0.4) is 0 Å². The minimum Gasteiger partial charge on any atom is -0.286 e. The molecule has 1 aliphatic carbocycles. The van der Waals surface area contributed by atoms with Gasteiger partial charge in [-0.15, -0.1) is 6.58 Å². The molecule has 0 aliphatic heterocycles. The average Bonchev–Trinajstić information content (AvgIpc) is 1.98.